The minimum absolute atomic E-state index is 0.0666. The van der Waals surface area contributed by atoms with Gasteiger partial charge in [0.1, 0.15) is 0 Å². The van der Waals surface area contributed by atoms with Crippen LogP contribution in [0.15, 0.2) is 31.0 Å². The standard InChI is InChI=1S/C9H13N3/c1-2-3-8(11)9-5-4-7(10)6-12-9/h2,4-6,8H,1,3,10-11H2. The topological polar surface area (TPSA) is 64.9 Å². The number of nitrogens with two attached hydrogens (primary N) is 2. The molecule has 64 valence electrons. The fraction of sp³-hybridized carbons (Fsp3) is 0.222. The molecule has 0 radical (unpaired) electrons. The van der Waals surface area contributed by atoms with E-state index in [1.165, 1.54) is 0 Å². The molecule has 0 saturated heterocycles. The molecule has 0 aromatic carbocycles. The van der Waals surface area contributed by atoms with Gasteiger partial charge in [0.2, 0.25) is 0 Å². The van der Waals surface area contributed by atoms with Gasteiger partial charge in [-0.2, -0.15) is 0 Å². The summed E-state index contributed by atoms with van der Waals surface area (Å²) in [6.07, 6.45) is 4.12. The van der Waals surface area contributed by atoms with Crippen molar-refractivity contribution in [1.29, 1.82) is 0 Å². The lowest BCUT2D eigenvalue weighted by Crippen LogP contribution is -2.10. The molecule has 0 bridgehead atoms. The Morgan fingerprint density at radius 3 is 2.83 bits per heavy atom. The van der Waals surface area contributed by atoms with Crippen LogP contribution >= 0.6 is 0 Å². The minimum atomic E-state index is -0.0666. The maximum absolute atomic E-state index is 5.78. The smallest absolute Gasteiger partial charge is 0.0575 e. The van der Waals surface area contributed by atoms with Crippen molar-refractivity contribution < 1.29 is 0 Å². The minimum Gasteiger partial charge on any atom is -0.397 e. The molecule has 0 saturated carbocycles. The summed E-state index contributed by atoms with van der Waals surface area (Å²) in [6.45, 7) is 3.61. The maximum atomic E-state index is 5.78. The lowest BCUT2D eigenvalue weighted by molar-refractivity contribution is 0.714. The van der Waals surface area contributed by atoms with E-state index in [1.807, 2.05) is 6.07 Å². The molecule has 0 aliphatic carbocycles. The zero-order chi connectivity index (χ0) is 8.97. The van der Waals surface area contributed by atoms with Gasteiger partial charge in [0.25, 0.3) is 0 Å². The monoisotopic (exact) mass is 163 g/mol. The van der Waals surface area contributed by atoms with Crippen molar-refractivity contribution in [3.8, 4) is 0 Å². The molecule has 0 amide bonds. The van der Waals surface area contributed by atoms with Gasteiger partial charge in [0, 0.05) is 0 Å². The van der Waals surface area contributed by atoms with Crippen LogP contribution in [0.4, 0.5) is 5.69 Å². The lowest BCUT2D eigenvalue weighted by Gasteiger charge is -2.07. The number of pyridine rings is 1. The van der Waals surface area contributed by atoms with Gasteiger partial charge in [0.05, 0.1) is 23.6 Å². The second kappa shape index (κ2) is 3.88. The molecule has 1 aromatic rings. The van der Waals surface area contributed by atoms with Crippen LogP contribution in [-0.4, -0.2) is 4.98 Å². The summed E-state index contributed by atoms with van der Waals surface area (Å²) in [5.74, 6) is 0. The van der Waals surface area contributed by atoms with Crippen molar-refractivity contribution in [3.05, 3.63) is 36.7 Å². The van der Waals surface area contributed by atoms with E-state index in [-0.39, 0.29) is 6.04 Å². The van der Waals surface area contributed by atoms with Crippen LogP contribution in [0.1, 0.15) is 18.2 Å². The van der Waals surface area contributed by atoms with Crippen molar-refractivity contribution in [3.63, 3.8) is 0 Å². The van der Waals surface area contributed by atoms with E-state index in [2.05, 4.69) is 11.6 Å². The van der Waals surface area contributed by atoms with Gasteiger partial charge in [-0.05, 0) is 18.6 Å². The van der Waals surface area contributed by atoms with Crippen LogP contribution < -0.4 is 11.5 Å². The second-order valence-corrected chi connectivity index (χ2v) is 2.65. The van der Waals surface area contributed by atoms with E-state index in [0.29, 0.717) is 5.69 Å². The molecule has 1 atom stereocenters. The van der Waals surface area contributed by atoms with Crippen molar-refractivity contribution in [2.75, 3.05) is 5.73 Å². The molecule has 3 nitrogen and oxygen atoms in total. The number of aromatic nitrogens is 1. The highest BCUT2D eigenvalue weighted by molar-refractivity contribution is 5.35. The third-order valence-corrected chi connectivity index (χ3v) is 1.61. The molecule has 4 N–H and O–H groups in total. The summed E-state index contributed by atoms with van der Waals surface area (Å²) in [5.41, 5.74) is 12.8. The third-order valence-electron chi connectivity index (χ3n) is 1.61. The third kappa shape index (κ3) is 2.07. The first kappa shape index (κ1) is 8.74. The Bertz CT molecular complexity index is 253. The SMILES string of the molecule is C=CCC(N)c1ccc(N)cn1. The van der Waals surface area contributed by atoms with Gasteiger partial charge >= 0.3 is 0 Å². The first-order valence-corrected chi connectivity index (χ1v) is 3.82. The number of hydrogen-bond acceptors (Lipinski definition) is 3. The molecule has 1 heterocycles. The average molecular weight is 163 g/mol. The zero-order valence-electron chi connectivity index (χ0n) is 6.90. The Hall–Kier alpha value is -1.35. The number of anilines is 1. The molecular formula is C9H13N3. The van der Waals surface area contributed by atoms with E-state index in [1.54, 1.807) is 18.3 Å². The Morgan fingerprint density at radius 1 is 1.58 bits per heavy atom. The van der Waals surface area contributed by atoms with Gasteiger partial charge in [-0.1, -0.05) is 6.08 Å². The Balaban J connectivity index is 2.74. The van der Waals surface area contributed by atoms with Crippen molar-refractivity contribution >= 4 is 5.69 Å². The number of nitrogens with zero attached hydrogens (tertiary/aromatic N) is 1. The predicted octanol–water partition coefficient (Wildman–Crippen LogP) is 1.24. The molecule has 0 spiro atoms. The average Bonchev–Trinajstić information content (AvgIpc) is 2.06. The molecule has 3 heteroatoms. The van der Waals surface area contributed by atoms with Gasteiger partial charge in [-0.3, -0.25) is 4.98 Å². The van der Waals surface area contributed by atoms with Crippen LogP contribution in [0.3, 0.4) is 0 Å². The molecule has 0 aliphatic heterocycles. The predicted molar refractivity (Wildman–Crippen MR) is 50.4 cm³/mol. The van der Waals surface area contributed by atoms with Crippen LogP contribution in [0.2, 0.25) is 0 Å². The maximum Gasteiger partial charge on any atom is 0.0575 e. The highest BCUT2D eigenvalue weighted by atomic mass is 14.8. The number of nitrogen functional groups attached to an aromatic ring is 1. The summed E-state index contributed by atoms with van der Waals surface area (Å²) in [7, 11) is 0. The van der Waals surface area contributed by atoms with Crippen LogP contribution in [0.5, 0.6) is 0 Å². The second-order valence-electron chi connectivity index (χ2n) is 2.65. The first-order chi connectivity index (χ1) is 5.74. The van der Waals surface area contributed by atoms with Crippen molar-refractivity contribution in [1.82, 2.24) is 4.98 Å². The summed E-state index contributed by atoms with van der Waals surface area (Å²) in [6, 6.07) is 3.57. The highest BCUT2D eigenvalue weighted by Crippen LogP contribution is 2.12. The fourth-order valence-corrected chi connectivity index (χ4v) is 0.936. The van der Waals surface area contributed by atoms with Crippen molar-refractivity contribution in [2.45, 2.75) is 12.5 Å². The highest BCUT2D eigenvalue weighted by Gasteiger charge is 2.03. The Kier molecular flexibility index (Phi) is 2.82. The largest absolute Gasteiger partial charge is 0.397 e. The normalized spacial score (nSPS) is 12.4. The lowest BCUT2D eigenvalue weighted by atomic mass is 10.1. The van der Waals surface area contributed by atoms with E-state index >= 15 is 0 Å². The molecular weight excluding hydrogens is 150 g/mol. The van der Waals surface area contributed by atoms with E-state index < -0.39 is 0 Å². The first-order valence-electron chi connectivity index (χ1n) is 3.82. The fourth-order valence-electron chi connectivity index (χ4n) is 0.936. The molecule has 0 aliphatic rings. The molecule has 1 aromatic heterocycles. The zero-order valence-corrected chi connectivity index (χ0v) is 6.90. The molecule has 12 heavy (non-hydrogen) atoms. The summed E-state index contributed by atoms with van der Waals surface area (Å²) in [5, 5.41) is 0. The van der Waals surface area contributed by atoms with Crippen LogP contribution in [0.25, 0.3) is 0 Å². The quantitative estimate of drug-likeness (QED) is 0.659. The van der Waals surface area contributed by atoms with Crippen LogP contribution in [-0.2, 0) is 0 Å². The van der Waals surface area contributed by atoms with E-state index in [9.17, 15) is 0 Å². The molecule has 1 unspecified atom stereocenters. The van der Waals surface area contributed by atoms with E-state index in [4.69, 9.17) is 11.5 Å². The molecule has 0 fully saturated rings. The van der Waals surface area contributed by atoms with Crippen molar-refractivity contribution in [2.24, 2.45) is 5.73 Å². The summed E-state index contributed by atoms with van der Waals surface area (Å²) in [4.78, 5) is 4.10. The molecule has 1 rings (SSSR count). The van der Waals surface area contributed by atoms with Gasteiger partial charge in [-0.25, -0.2) is 0 Å². The Labute approximate surface area is 72.1 Å². The van der Waals surface area contributed by atoms with Gasteiger partial charge < -0.3 is 11.5 Å². The number of rotatable bonds is 3. The van der Waals surface area contributed by atoms with E-state index in [0.717, 1.165) is 12.1 Å². The summed E-state index contributed by atoms with van der Waals surface area (Å²) < 4.78 is 0. The number of hydrogen-bond donors (Lipinski definition) is 2. The van der Waals surface area contributed by atoms with Gasteiger partial charge in [-0.15, -0.1) is 6.58 Å². The summed E-state index contributed by atoms with van der Waals surface area (Å²) >= 11 is 0. The van der Waals surface area contributed by atoms with Crippen LogP contribution in [0, 0.1) is 0 Å². The van der Waals surface area contributed by atoms with Gasteiger partial charge in [0.15, 0.2) is 0 Å². The Morgan fingerprint density at radius 2 is 2.33 bits per heavy atom.